The van der Waals surface area contributed by atoms with Crippen LogP contribution >= 0.6 is 0 Å². The first-order chi connectivity index (χ1) is 13.6. The van der Waals surface area contributed by atoms with Crippen molar-refractivity contribution in [1.29, 1.82) is 0 Å². The van der Waals surface area contributed by atoms with Crippen molar-refractivity contribution < 1.29 is 14.7 Å². The van der Waals surface area contributed by atoms with Crippen LogP contribution < -0.4 is 0 Å². The van der Waals surface area contributed by atoms with E-state index in [1.165, 1.54) is 0 Å². The van der Waals surface area contributed by atoms with Gasteiger partial charge in [-0.05, 0) is 11.1 Å². The molecule has 2 fully saturated rings. The summed E-state index contributed by atoms with van der Waals surface area (Å²) in [5.74, 6) is 0.177. The van der Waals surface area contributed by atoms with Crippen molar-refractivity contribution in [1.82, 2.24) is 9.80 Å². The van der Waals surface area contributed by atoms with E-state index in [1.807, 2.05) is 65.3 Å². The lowest BCUT2D eigenvalue weighted by Gasteiger charge is -2.70. The number of rotatable bonds is 5. The van der Waals surface area contributed by atoms with Gasteiger partial charge in [0.2, 0.25) is 11.8 Å². The number of aliphatic hydroxyl groups is 1. The molecule has 2 saturated heterocycles. The third-order valence-corrected chi connectivity index (χ3v) is 6.17. The number of carbonyl (C=O) groups excluding carboxylic acids is 2. The van der Waals surface area contributed by atoms with Crippen LogP contribution in [0, 0.1) is 0 Å². The summed E-state index contributed by atoms with van der Waals surface area (Å²) >= 11 is 0. The summed E-state index contributed by atoms with van der Waals surface area (Å²) < 4.78 is 0. The summed E-state index contributed by atoms with van der Waals surface area (Å²) in [6, 6.07) is 19.5. The maximum atomic E-state index is 12.7. The zero-order chi connectivity index (χ0) is 19.7. The third-order valence-electron chi connectivity index (χ3n) is 6.17. The van der Waals surface area contributed by atoms with Crippen LogP contribution in [0.15, 0.2) is 60.7 Å². The molecular formula is C23H26N2O3. The highest BCUT2D eigenvalue weighted by atomic mass is 16.3. The fraction of sp³-hybridized carbons (Fsp3) is 0.391. The summed E-state index contributed by atoms with van der Waals surface area (Å²) in [4.78, 5) is 29.0. The molecular weight excluding hydrogens is 352 g/mol. The molecule has 0 aromatic heterocycles. The van der Waals surface area contributed by atoms with E-state index in [-0.39, 0.29) is 30.4 Å². The number of amides is 2. The van der Waals surface area contributed by atoms with Crippen LogP contribution in [0.3, 0.4) is 0 Å². The van der Waals surface area contributed by atoms with E-state index < -0.39 is 5.54 Å². The second-order valence-corrected chi connectivity index (χ2v) is 7.77. The summed E-state index contributed by atoms with van der Waals surface area (Å²) in [5.41, 5.74) is 1.72. The van der Waals surface area contributed by atoms with Crippen molar-refractivity contribution in [2.45, 2.75) is 37.3 Å². The molecule has 5 nitrogen and oxygen atoms in total. The maximum Gasteiger partial charge on any atom is 0.227 e. The minimum absolute atomic E-state index is 0.0430. The first-order valence-corrected chi connectivity index (χ1v) is 9.90. The Balaban J connectivity index is 1.55. The first-order valence-electron chi connectivity index (χ1n) is 9.90. The predicted octanol–water partition coefficient (Wildman–Crippen LogP) is 2.21. The molecule has 1 spiro atoms. The molecule has 2 heterocycles. The Morgan fingerprint density at radius 3 is 2.18 bits per heavy atom. The molecule has 1 N–H and O–H groups in total. The first kappa shape index (κ1) is 18.7. The Morgan fingerprint density at radius 2 is 1.61 bits per heavy atom. The van der Waals surface area contributed by atoms with Crippen LogP contribution in [0.5, 0.6) is 0 Å². The van der Waals surface area contributed by atoms with Gasteiger partial charge in [0.25, 0.3) is 0 Å². The van der Waals surface area contributed by atoms with Gasteiger partial charge < -0.3 is 14.9 Å². The molecule has 28 heavy (non-hydrogen) atoms. The molecule has 4 rings (SSSR count). The van der Waals surface area contributed by atoms with Gasteiger partial charge >= 0.3 is 0 Å². The summed E-state index contributed by atoms with van der Waals surface area (Å²) in [7, 11) is 0. The van der Waals surface area contributed by atoms with E-state index in [0.717, 1.165) is 11.1 Å². The molecule has 2 aromatic rings. The van der Waals surface area contributed by atoms with E-state index in [4.69, 9.17) is 0 Å². The molecule has 2 aromatic carbocycles. The summed E-state index contributed by atoms with van der Waals surface area (Å²) in [5, 5.41) is 9.98. The molecule has 0 bridgehead atoms. The van der Waals surface area contributed by atoms with Crippen LogP contribution in [0.1, 0.15) is 30.4 Å². The summed E-state index contributed by atoms with van der Waals surface area (Å²) in [6.07, 6.45) is 0.774. The summed E-state index contributed by atoms with van der Waals surface area (Å²) in [6.45, 7) is 2.84. The van der Waals surface area contributed by atoms with Gasteiger partial charge in [0.1, 0.15) is 0 Å². The highest BCUT2D eigenvalue weighted by Crippen LogP contribution is 2.54. The molecule has 5 heteroatoms. The van der Waals surface area contributed by atoms with Gasteiger partial charge in [-0.1, -0.05) is 67.6 Å². The fourth-order valence-corrected chi connectivity index (χ4v) is 4.91. The van der Waals surface area contributed by atoms with Gasteiger partial charge in [-0.15, -0.1) is 0 Å². The van der Waals surface area contributed by atoms with Gasteiger partial charge in [-0.3, -0.25) is 9.59 Å². The molecule has 2 atom stereocenters. The second kappa shape index (κ2) is 7.40. The maximum absolute atomic E-state index is 12.7. The van der Waals surface area contributed by atoms with Crippen molar-refractivity contribution in [2.24, 2.45) is 0 Å². The monoisotopic (exact) mass is 378 g/mol. The Hall–Kier alpha value is -2.66. The smallest absolute Gasteiger partial charge is 0.227 e. The number of carbonyl (C=O) groups is 2. The number of aliphatic hydroxyl groups excluding tert-OH is 1. The molecule has 0 saturated carbocycles. The molecule has 2 aliphatic heterocycles. The van der Waals surface area contributed by atoms with Crippen LogP contribution in [-0.2, 0) is 16.0 Å². The van der Waals surface area contributed by atoms with E-state index >= 15 is 0 Å². The SMILES string of the molecule is CCC(=O)N1[C@@H](CO)[C@@H](c2ccccc2)C12CN(C(=O)Cc1ccccc1)C2. The van der Waals surface area contributed by atoms with Gasteiger partial charge in [-0.25, -0.2) is 0 Å². The van der Waals surface area contributed by atoms with E-state index in [1.54, 1.807) is 0 Å². The quantitative estimate of drug-likeness (QED) is 0.868. The second-order valence-electron chi connectivity index (χ2n) is 7.77. The van der Waals surface area contributed by atoms with Gasteiger partial charge in [0.15, 0.2) is 0 Å². The molecule has 0 aliphatic carbocycles. The lowest BCUT2D eigenvalue weighted by atomic mass is 9.60. The van der Waals surface area contributed by atoms with Crippen LogP contribution in [0.25, 0.3) is 0 Å². The number of nitrogens with zero attached hydrogens (tertiary/aromatic N) is 2. The van der Waals surface area contributed by atoms with Crippen molar-refractivity contribution in [3.05, 3.63) is 71.8 Å². The third kappa shape index (κ3) is 2.90. The Bertz CT molecular complexity index is 847. The Kier molecular flexibility index (Phi) is 4.94. The van der Waals surface area contributed by atoms with Crippen LogP contribution in [0.2, 0.25) is 0 Å². The van der Waals surface area contributed by atoms with Gasteiger partial charge in [0, 0.05) is 25.4 Å². The molecule has 0 unspecified atom stereocenters. The Morgan fingerprint density at radius 1 is 1.00 bits per heavy atom. The topological polar surface area (TPSA) is 60.9 Å². The largest absolute Gasteiger partial charge is 0.394 e. The lowest BCUT2D eigenvalue weighted by Crippen LogP contribution is -2.86. The van der Waals surface area contributed by atoms with Crippen molar-refractivity contribution in [3.8, 4) is 0 Å². The van der Waals surface area contributed by atoms with E-state index in [2.05, 4.69) is 12.1 Å². The zero-order valence-corrected chi connectivity index (χ0v) is 16.1. The molecule has 2 aliphatic rings. The molecule has 0 radical (unpaired) electrons. The van der Waals surface area contributed by atoms with Crippen molar-refractivity contribution in [2.75, 3.05) is 19.7 Å². The lowest BCUT2D eigenvalue weighted by molar-refractivity contribution is -0.202. The number of likely N-dealkylation sites (tertiary alicyclic amines) is 2. The highest BCUT2D eigenvalue weighted by Gasteiger charge is 2.67. The van der Waals surface area contributed by atoms with Gasteiger partial charge in [-0.2, -0.15) is 0 Å². The standard InChI is InChI=1S/C23H26N2O3/c1-2-20(27)25-19(14-26)22(18-11-7-4-8-12-18)23(25)15-24(16-23)21(28)13-17-9-5-3-6-10-17/h3-12,19,22,26H,2,13-16H2,1H3/t19-,22+/m0/s1. The van der Waals surface area contributed by atoms with E-state index in [9.17, 15) is 14.7 Å². The highest BCUT2D eigenvalue weighted by molar-refractivity contribution is 5.83. The molecule has 146 valence electrons. The van der Waals surface area contributed by atoms with Crippen LogP contribution in [-0.4, -0.2) is 58.0 Å². The number of hydrogen-bond donors (Lipinski definition) is 1. The zero-order valence-electron chi connectivity index (χ0n) is 16.1. The van der Waals surface area contributed by atoms with Crippen molar-refractivity contribution in [3.63, 3.8) is 0 Å². The Labute approximate surface area is 165 Å². The molecule has 2 amide bonds. The average Bonchev–Trinajstić information content (AvgIpc) is 2.67. The number of benzene rings is 2. The normalized spacial score (nSPS) is 22.5. The van der Waals surface area contributed by atoms with Crippen LogP contribution in [0.4, 0.5) is 0 Å². The fourth-order valence-electron chi connectivity index (χ4n) is 4.91. The van der Waals surface area contributed by atoms with Crippen molar-refractivity contribution >= 4 is 11.8 Å². The minimum Gasteiger partial charge on any atom is -0.394 e. The van der Waals surface area contributed by atoms with E-state index in [0.29, 0.717) is 25.9 Å². The minimum atomic E-state index is -0.395. The number of hydrogen-bond acceptors (Lipinski definition) is 3. The average molecular weight is 378 g/mol. The predicted molar refractivity (Wildman–Crippen MR) is 107 cm³/mol. The van der Waals surface area contributed by atoms with Gasteiger partial charge in [0.05, 0.1) is 24.6 Å².